The first-order valence-corrected chi connectivity index (χ1v) is 7.85. The first kappa shape index (κ1) is 14.2. The zero-order chi connectivity index (χ0) is 15.0. The monoisotopic (exact) mass is 307 g/mol. The molecule has 3 rings (SSSR count). The Hall–Kier alpha value is -1.73. The Labute approximate surface area is 126 Å². The summed E-state index contributed by atoms with van der Waals surface area (Å²) in [6.07, 6.45) is 2.90. The lowest BCUT2D eigenvalue weighted by Crippen LogP contribution is -2.42. The van der Waals surface area contributed by atoms with Gasteiger partial charge in [0.25, 0.3) is 5.69 Å². The predicted molar refractivity (Wildman–Crippen MR) is 83.1 cm³/mol. The summed E-state index contributed by atoms with van der Waals surface area (Å²) in [5.41, 5.74) is 1.48. The van der Waals surface area contributed by atoms with E-state index in [2.05, 4.69) is 4.98 Å². The number of nitro benzene ring substituents is 1. The average molecular weight is 307 g/mol. The van der Waals surface area contributed by atoms with E-state index in [4.69, 9.17) is 0 Å². The topological polar surface area (TPSA) is 79.5 Å². The van der Waals surface area contributed by atoms with Gasteiger partial charge in [-0.05, 0) is 32.3 Å². The lowest BCUT2D eigenvalue weighted by atomic mass is 10.0. The van der Waals surface area contributed by atoms with Crippen LogP contribution in [0.5, 0.6) is 0 Å². The summed E-state index contributed by atoms with van der Waals surface area (Å²) in [5, 5.41) is 21.9. The molecule has 1 aliphatic rings. The van der Waals surface area contributed by atoms with Gasteiger partial charge in [0.1, 0.15) is 5.69 Å². The van der Waals surface area contributed by atoms with Crippen LogP contribution in [-0.4, -0.2) is 34.2 Å². The van der Waals surface area contributed by atoms with Crippen molar-refractivity contribution in [1.29, 1.82) is 0 Å². The van der Waals surface area contributed by atoms with E-state index >= 15 is 0 Å². The highest BCUT2D eigenvalue weighted by atomic mass is 32.1. The molecule has 21 heavy (non-hydrogen) atoms. The van der Waals surface area contributed by atoms with Gasteiger partial charge < -0.3 is 10.0 Å². The second-order valence-electron chi connectivity index (χ2n) is 5.32. The number of fused-ring (bicyclic) bond motifs is 1. The third-order valence-corrected chi connectivity index (χ3v) is 4.87. The largest absolute Gasteiger partial charge is 0.394 e. The molecule has 1 N–H and O–H groups in total. The number of benzene rings is 1. The highest BCUT2D eigenvalue weighted by molar-refractivity contribution is 7.18. The molecule has 0 radical (unpaired) electrons. The van der Waals surface area contributed by atoms with Gasteiger partial charge >= 0.3 is 0 Å². The molecule has 112 valence electrons. The molecule has 0 amide bonds. The third-order valence-electron chi connectivity index (χ3n) is 3.94. The molecular weight excluding hydrogens is 290 g/mol. The molecule has 7 heteroatoms. The van der Waals surface area contributed by atoms with Crippen LogP contribution in [-0.2, 0) is 0 Å². The van der Waals surface area contributed by atoms with Crippen molar-refractivity contribution in [1.82, 2.24) is 4.98 Å². The standard InChI is InChI=1S/C14H17N3O3S/c1-9-15-11-6-12(13(17(19)20)7-14(11)21-9)16-5-3-2-4-10(16)8-18/h6-7,10,18H,2-5,8H2,1H3. The lowest BCUT2D eigenvalue weighted by molar-refractivity contribution is -0.384. The van der Waals surface area contributed by atoms with Crippen molar-refractivity contribution in [2.24, 2.45) is 0 Å². The SMILES string of the molecule is Cc1nc2cc(N3CCCCC3CO)c([N+](=O)[O-])cc2s1. The Morgan fingerprint density at radius 3 is 3.05 bits per heavy atom. The lowest BCUT2D eigenvalue weighted by Gasteiger charge is -2.36. The highest BCUT2D eigenvalue weighted by Gasteiger charge is 2.28. The number of hydrogen-bond acceptors (Lipinski definition) is 6. The van der Waals surface area contributed by atoms with Gasteiger partial charge in [-0.2, -0.15) is 0 Å². The van der Waals surface area contributed by atoms with Gasteiger partial charge in [0.05, 0.1) is 32.8 Å². The molecule has 1 aromatic carbocycles. The number of aliphatic hydroxyl groups excluding tert-OH is 1. The Balaban J connectivity index is 2.14. The third kappa shape index (κ3) is 2.58. The van der Waals surface area contributed by atoms with Gasteiger partial charge in [-0.15, -0.1) is 11.3 Å². The van der Waals surface area contributed by atoms with E-state index in [9.17, 15) is 15.2 Å². The number of nitro groups is 1. The second kappa shape index (κ2) is 5.57. The molecule has 1 fully saturated rings. The van der Waals surface area contributed by atoms with Crippen LogP contribution in [0.1, 0.15) is 24.3 Å². The zero-order valence-electron chi connectivity index (χ0n) is 11.8. The number of aryl methyl sites for hydroxylation is 1. The van der Waals surface area contributed by atoms with E-state index in [0.29, 0.717) is 5.69 Å². The van der Waals surface area contributed by atoms with Crippen LogP contribution < -0.4 is 4.90 Å². The summed E-state index contributed by atoms with van der Waals surface area (Å²) in [6.45, 7) is 2.65. The fraction of sp³-hybridized carbons (Fsp3) is 0.500. The van der Waals surface area contributed by atoms with Crippen LogP contribution in [0.2, 0.25) is 0 Å². The minimum atomic E-state index is -0.340. The first-order valence-electron chi connectivity index (χ1n) is 7.03. The van der Waals surface area contributed by atoms with Gasteiger partial charge in [0.15, 0.2) is 0 Å². The number of anilines is 1. The van der Waals surface area contributed by atoms with Gasteiger partial charge in [0.2, 0.25) is 0 Å². The number of aromatic nitrogens is 1. The summed E-state index contributed by atoms with van der Waals surface area (Å²) in [5.74, 6) is 0. The van der Waals surface area contributed by atoms with Crippen LogP contribution >= 0.6 is 11.3 Å². The Bertz CT molecular complexity index is 685. The molecule has 0 aliphatic carbocycles. The summed E-state index contributed by atoms with van der Waals surface area (Å²) in [6, 6.07) is 3.36. The number of nitrogens with zero attached hydrogens (tertiary/aromatic N) is 3. The molecule has 2 aromatic rings. The van der Waals surface area contributed by atoms with Crippen molar-refractivity contribution in [3.05, 3.63) is 27.3 Å². The van der Waals surface area contributed by atoms with Crippen molar-refractivity contribution >= 4 is 32.9 Å². The number of rotatable bonds is 3. The maximum absolute atomic E-state index is 11.4. The van der Waals surface area contributed by atoms with Crippen molar-refractivity contribution in [3.8, 4) is 0 Å². The van der Waals surface area contributed by atoms with Crippen molar-refractivity contribution in [2.75, 3.05) is 18.1 Å². The van der Waals surface area contributed by atoms with Gasteiger partial charge in [-0.1, -0.05) is 0 Å². The van der Waals surface area contributed by atoms with Crippen molar-refractivity contribution in [3.63, 3.8) is 0 Å². The quantitative estimate of drug-likeness (QED) is 0.696. The number of aliphatic hydroxyl groups is 1. The molecule has 0 bridgehead atoms. The minimum absolute atomic E-state index is 0.0191. The van der Waals surface area contributed by atoms with E-state index in [1.165, 1.54) is 11.3 Å². The molecule has 0 saturated carbocycles. The molecule has 1 unspecified atom stereocenters. The van der Waals surface area contributed by atoms with E-state index in [1.807, 2.05) is 11.8 Å². The maximum atomic E-state index is 11.4. The average Bonchev–Trinajstić information content (AvgIpc) is 2.84. The molecular formula is C14H17N3O3S. The fourth-order valence-corrected chi connectivity index (χ4v) is 3.79. The van der Waals surface area contributed by atoms with Crippen LogP contribution in [0.25, 0.3) is 10.2 Å². The predicted octanol–water partition coefficient (Wildman–Crippen LogP) is 2.86. The van der Waals surface area contributed by atoms with E-state index in [0.717, 1.165) is 41.0 Å². The Morgan fingerprint density at radius 2 is 2.33 bits per heavy atom. The van der Waals surface area contributed by atoms with E-state index in [1.54, 1.807) is 12.1 Å². The summed E-state index contributed by atoms with van der Waals surface area (Å²) < 4.78 is 0.834. The Kier molecular flexibility index (Phi) is 3.77. The summed E-state index contributed by atoms with van der Waals surface area (Å²) in [4.78, 5) is 17.5. The van der Waals surface area contributed by atoms with Crippen molar-refractivity contribution < 1.29 is 10.0 Å². The number of thiazole rings is 1. The zero-order valence-corrected chi connectivity index (χ0v) is 12.6. The van der Waals surface area contributed by atoms with Gasteiger partial charge in [0, 0.05) is 12.6 Å². The maximum Gasteiger partial charge on any atom is 0.294 e. The molecule has 1 aliphatic heterocycles. The smallest absolute Gasteiger partial charge is 0.294 e. The summed E-state index contributed by atoms with van der Waals surface area (Å²) in [7, 11) is 0. The van der Waals surface area contributed by atoms with E-state index in [-0.39, 0.29) is 23.3 Å². The number of piperidine rings is 1. The molecule has 1 saturated heterocycles. The minimum Gasteiger partial charge on any atom is -0.394 e. The Morgan fingerprint density at radius 1 is 1.52 bits per heavy atom. The van der Waals surface area contributed by atoms with Crippen LogP contribution in [0.4, 0.5) is 11.4 Å². The highest BCUT2D eigenvalue weighted by Crippen LogP contribution is 2.37. The molecule has 2 heterocycles. The normalized spacial score (nSPS) is 19.1. The van der Waals surface area contributed by atoms with Crippen LogP contribution in [0, 0.1) is 17.0 Å². The summed E-state index contributed by atoms with van der Waals surface area (Å²) >= 11 is 1.46. The van der Waals surface area contributed by atoms with Gasteiger partial charge in [-0.3, -0.25) is 10.1 Å². The van der Waals surface area contributed by atoms with Crippen LogP contribution in [0.15, 0.2) is 12.1 Å². The molecule has 6 nitrogen and oxygen atoms in total. The first-order chi connectivity index (χ1) is 10.1. The molecule has 0 spiro atoms. The van der Waals surface area contributed by atoms with Gasteiger partial charge in [-0.25, -0.2) is 4.98 Å². The molecule has 1 atom stereocenters. The second-order valence-corrected chi connectivity index (χ2v) is 6.56. The molecule has 1 aromatic heterocycles. The fourth-order valence-electron chi connectivity index (χ4n) is 2.95. The van der Waals surface area contributed by atoms with Crippen molar-refractivity contribution in [2.45, 2.75) is 32.2 Å². The van der Waals surface area contributed by atoms with E-state index < -0.39 is 0 Å². The van der Waals surface area contributed by atoms with Crippen LogP contribution in [0.3, 0.4) is 0 Å². The number of hydrogen-bond donors (Lipinski definition) is 1.